The molecule has 1 aromatic carbocycles. The molecule has 0 spiro atoms. The average Bonchev–Trinajstić information content (AvgIpc) is 2.61. The number of nitrogens with one attached hydrogen (secondary N) is 2. The quantitative estimate of drug-likeness (QED) is 0.344. The minimum atomic E-state index is -0.323. The number of hydrazone groups is 1. The van der Waals surface area contributed by atoms with Gasteiger partial charge in [-0.3, -0.25) is 9.59 Å². The van der Waals surface area contributed by atoms with Crippen LogP contribution in [0.25, 0.3) is 0 Å². The predicted molar refractivity (Wildman–Crippen MR) is 103 cm³/mol. The standard InChI is InChI=1S/C20H31N3O2/c1-3-4-5-6-7-8-9-10-19(24)21-16-20(25)23-22-15-18-13-11-17(2)12-14-18/h11-15H,3-10,16H2,1-2H3,(H,21,24)(H,23,25)/b22-15-. The lowest BCUT2D eigenvalue weighted by Crippen LogP contribution is -2.34. The third kappa shape index (κ3) is 11.1. The molecule has 0 saturated carbocycles. The molecule has 25 heavy (non-hydrogen) atoms. The molecular weight excluding hydrogens is 314 g/mol. The summed E-state index contributed by atoms with van der Waals surface area (Å²) >= 11 is 0. The number of hydrogen-bond donors (Lipinski definition) is 2. The van der Waals surface area contributed by atoms with Crippen LogP contribution in [-0.4, -0.2) is 24.6 Å². The second-order valence-electron chi connectivity index (χ2n) is 6.35. The molecule has 0 aliphatic heterocycles. The highest BCUT2D eigenvalue weighted by atomic mass is 16.2. The minimum Gasteiger partial charge on any atom is -0.347 e. The Hall–Kier alpha value is -2.17. The van der Waals surface area contributed by atoms with Gasteiger partial charge in [0.15, 0.2) is 0 Å². The van der Waals surface area contributed by atoms with Crippen LogP contribution in [-0.2, 0) is 9.59 Å². The fourth-order valence-corrected chi connectivity index (χ4v) is 2.38. The van der Waals surface area contributed by atoms with Crippen LogP contribution < -0.4 is 10.7 Å². The number of carbonyl (C=O) groups is 2. The number of amides is 2. The van der Waals surface area contributed by atoms with E-state index in [4.69, 9.17) is 0 Å². The normalized spacial score (nSPS) is 10.8. The van der Waals surface area contributed by atoms with Crippen molar-refractivity contribution in [1.29, 1.82) is 0 Å². The van der Waals surface area contributed by atoms with Crippen molar-refractivity contribution in [2.75, 3.05) is 6.54 Å². The van der Waals surface area contributed by atoms with E-state index < -0.39 is 0 Å². The van der Waals surface area contributed by atoms with E-state index in [-0.39, 0.29) is 18.4 Å². The highest BCUT2D eigenvalue weighted by molar-refractivity contribution is 5.86. The summed E-state index contributed by atoms with van der Waals surface area (Å²) in [4.78, 5) is 23.3. The lowest BCUT2D eigenvalue weighted by molar-refractivity contribution is -0.126. The van der Waals surface area contributed by atoms with Crippen LogP contribution in [0.15, 0.2) is 29.4 Å². The first-order valence-corrected chi connectivity index (χ1v) is 9.27. The molecule has 0 unspecified atom stereocenters. The third-order valence-corrected chi connectivity index (χ3v) is 3.93. The van der Waals surface area contributed by atoms with Gasteiger partial charge in [-0.2, -0.15) is 5.10 Å². The largest absolute Gasteiger partial charge is 0.347 e. The summed E-state index contributed by atoms with van der Waals surface area (Å²) in [5.41, 5.74) is 4.50. The van der Waals surface area contributed by atoms with Gasteiger partial charge in [0.1, 0.15) is 0 Å². The number of rotatable bonds is 12. The number of unbranched alkanes of at least 4 members (excludes halogenated alkanes) is 6. The van der Waals surface area contributed by atoms with Gasteiger partial charge in [-0.05, 0) is 18.9 Å². The fourth-order valence-electron chi connectivity index (χ4n) is 2.38. The van der Waals surface area contributed by atoms with E-state index in [0.29, 0.717) is 6.42 Å². The number of nitrogens with zero attached hydrogens (tertiary/aromatic N) is 1. The highest BCUT2D eigenvalue weighted by Gasteiger charge is 2.04. The molecule has 0 saturated heterocycles. The Balaban J connectivity index is 2.06. The molecule has 1 rings (SSSR count). The first-order valence-electron chi connectivity index (χ1n) is 9.27. The topological polar surface area (TPSA) is 70.6 Å². The second-order valence-corrected chi connectivity index (χ2v) is 6.35. The lowest BCUT2D eigenvalue weighted by atomic mass is 10.1. The summed E-state index contributed by atoms with van der Waals surface area (Å²) in [6.45, 7) is 4.17. The summed E-state index contributed by atoms with van der Waals surface area (Å²) in [6.07, 6.45) is 10.3. The predicted octanol–water partition coefficient (Wildman–Crippen LogP) is 3.70. The molecule has 0 aliphatic carbocycles. The van der Waals surface area contributed by atoms with E-state index in [1.165, 1.54) is 37.7 Å². The van der Waals surface area contributed by atoms with Gasteiger partial charge in [0.25, 0.3) is 5.91 Å². The third-order valence-electron chi connectivity index (χ3n) is 3.93. The van der Waals surface area contributed by atoms with Crippen LogP contribution in [0.5, 0.6) is 0 Å². The van der Waals surface area contributed by atoms with Crippen molar-refractivity contribution in [2.45, 2.75) is 65.2 Å². The van der Waals surface area contributed by atoms with Crippen LogP contribution in [0.4, 0.5) is 0 Å². The second kappa shape index (κ2) is 13.2. The zero-order valence-electron chi connectivity index (χ0n) is 15.5. The van der Waals surface area contributed by atoms with E-state index in [2.05, 4.69) is 22.8 Å². The van der Waals surface area contributed by atoms with Gasteiger partial charge in [-0.25, -0.2) is 5.43 Å². The van der Waals surface area contributed by atoms with Crippen molar-refractivity contribution in [1.82, 2.24) is 10.7 Å². The summed E-state index contributed by atoms with van der Waals surface area (Å²) in [7, 11) is 0. The Morgan fingerprint density at radius 3 is 2.28 bits per heavy atom. The van der Waals surface area contributed by atoms with Gasteiger partial charge in [-0.1, -0.05) is 75.3 Å². The first-order chi connectivity index (χ1) is 12.1. The Morgan fingerprint density at radius 2 is 1.60 bits per heavy atom. The van der Waals surface area contributed by atoms with Gasteiger partial charge in [0.05, 0.1) is 12.8 Å². The zero-order valence-corrected chi connectivity index (χ0v) is 15.5. The van der Waals surface area contributed by atoms with Crippen LogP contribution in [0, 0.1) is 6.92 Å². The van der Waals surface area contributed by atoms with Crippen molar-refractivity contribution >= 4 is 18.0 Å². The zero-order chi connectivity index (χ0) is 18.3. The number of carbonyl (C=O) groups excluding carboxylic acids is 2. The van der Waals surface area contributed by atoms with Crippen molar-refractivity contribution < 1.29 is 9.59 Å². The first kappa shape index (κ1) is 20.9. The maximum atomic E-state index is 11.7. The van der Waals surface area contributed by atoms with Crippen LogP contribution in [0.3, 0.4) is 0 Å². The molecule has 2 N–H and O–H groups in total. The van der Waals surface area contributed by atoms with E-state index >= 15 is 0 Å². The minimum absolute atomic E-state index is 0.0411. The van der Waals surface area contributed by atoms with Gasteiger partial charge in [0.2, 0.25) is 5.91 Å². The molecule has 0 aliphatic rings. The maximum Gasteiger partial charge on any atom is 0.259 e. The Kier molecular flexibility index (Phi) is 11.0. The Labute approximate surface area is 151 Å². The molecule has 0 bridgehead atoms. The molecule has 5 heteroatoms. The van der Waals surface area contributed by atoms with Crippen molar-refractivity contribution in [3.8, 4) is 0 Å². The van der Waals surface area contributed by atoms with Crippen LogP contribution in [0.1, 0.15) is 69.4 Å². The Bertz CT molecular complexity index is 538. The summed E-state index contributed by atoms with van der Waals surface area (Å²) in [5, 5.41) is 6.51. The molecule has 5 nitrogen and oxygen atoms in total. The average molecular weight is 345 g/mol. The monoisotopic (exact) mass is 345 g/mol. The molecule has 0 fully saturated rings. The van der Waals surface area contributed by atoms with E-state index in [1.807, 2.05) is 31.2 Å². The van der Waals surface area contributed by atoms with Gasteiger partial charge < -0.3 is 5.32 Å². The van der Waals surface area contributed by atoms with Gasteiger partial charge in [-0.15, -0.1) is 0 Å². The molecule has 138 valence electrons. The van der Waals surface area contributed by atoms with Crippen LogP contribution in [0.2, 0.25) is 0 Å². The molecule has 0 aromatic heterocycles. The Morgan fingerprint density at radius 1 is 0.960 bits per heavy atom. The number of aryl methyl sites for hydroxylation is 1. The van der Waals surface area contributed by atoms with Crippen molar-refractivity contribution in [3.05, 3.63) is 35.4 Å². The van der Waals surface area contributed by atoms with Gasteiger partial charge >= 0.3 is 0 Å². The summed E-state index contributed by atoms with van der Waals surface area (Å²) in [5.74, 6) is -0.400. The molecule has 1 aromatic rings. The highest BCUT2D eigenvalue weighted by Crippen LogP contribution is 2.08. The van der Waals surface area contributed by atoms with E-state index in [9.17, 15) is 9.59 Å². The van der Waals surface area contributed by atoms with Crippen molar-refractivity contribution in [3.63, 3.8) is 0 Å². The smallest absolute Gasteiger partial charge is 0.259 e. The maximum absolute atomic E-state index is 11.7. The van der Waals surface area contributed by atoms with Crippen LogP contribution >= 0.6 is 0 Å². The molecule has 2 amide bonds. The number of benzene rings is 1. The molecule has 0 heterocycles. The van der Waals surface area contributed by atoms with Gasteiger partial charge in [0, 0.05) is 6.42 Å². The lowest BCUT2D eigenvalue weighted by Gasteiger charge is -2.04. The fraction of sp³-hybridized carbons (Fsp3) is 0.550. The summed E-state index contributed by atoms with van der Waals surface area (Å²) in [6, 6.07) is 7.81. The van der Waals surface area contributed by atoms with Crippen molar-refractivity contribution in [2.24, 2.45) is 5.10 Å². The molecular formula is C20H31N3O2. The van der Waals surface area contributed by atoms with E-state index in [0.717, 1.165) is 18.4 Å². The van der Waals surface area contributed by atoms with E-state index in [1.54, 1.807) is 6.21 Å². The molecule has 0 atom stereocenters. The molecule has 0 radical (unpaired) electrons. The number of hydrogen-bond acceptors (Lipinski definition) is 3. The summed E-state index contributed by atoms with van der Waals surface area (Å²) < 4.78 is 0. The SMILES string of the molecule is CCCCCCCCCC(=O)NCC(=O)N/N=C\c1ccc(C)cc1.